The van der Waals surface area contributed by atoms with E-state index in [0.29, 0.717) is 13.1 Å². The number of hydrogen-bond acceptors (Lipinski definition) is 3. The van der Waals surface area contributed by atoms with Gasteiger partial charge >= 0.3 is 6.03 Å². The highest BCUT2D eigenvalue weighted by Crippen LogP contribution is 2.19. The Bertz CT molecular complexity index is 761. The molecule has 2 amide bonds. The normalized spacial score (nSPS) is 16.7. The molecule has 1 saturated heterocycles. The fourth-order valence-electron chi connectivity index (χ4n) is 3.35. The van der Waals surface area contributed by atoms with Crippen molar-refractivity contribution in [2.45, 2.75) is 32.4 Å². The van der Waals surface area contributed by atoms with Gasteiger partial charge in [0.15, 0.2) is 0 Å². The van der Waals surface area contributed by atoms with Crippen LogP contribution in [-0.2, 0) is 6.54 Å². The van der Waals surface area contributed by atoms with Gasteiger partial charge in [-0.05, 0) is 55.2 Å². The Labute approximate surface area is 161 Å². The topological polar surface area (TPSA) is 44.8 Å². The van der Waals surface area contributed by atoms with Gasteiger partial charge in [0.2, 0.25) is 0 Å². The molecule has 0 aromatic heterocycles. The van der Waals surface area contributed by atoms with Crippen LogP contribution in [0.15, 0.2) is 48.5 Å². The average molecular weight is 367 g/mol. The number of rotatable bonds is 5. The first-order chi connectivity index (χ1) is 13.0. The number of hydrogen-bond donors (Lipinski definition) is 1. The maximum absolute atomic E-state index is 12.6. The largest absolute Gasteiger partial charge is 0.489 e. The molecule has 1 aliphatic rings. The molecule has 0 spiro atoms. The molecule has 3 rings (SSSR count). The van der Waals surface area contributed by atoms with Crippen molar-refractivity contribution in [1.29, 1.82) is 0 Å². The number of piperidine rings is 1. The molecule has 0 saturated carbocycles. The number of likely N-dealkylation sites (tertiary alicyclic amines) is 1. The molecule has 27 heavy (non-hydrogen) atoms. The van der Waals surface area contributed by atoms with Crippen molar-refractivity contribution in [3.05, 3.63) is 59.7 Å². The highest BCUT2D eigenvalue weighted by atomic mass is 16.5. The maximum atomic E-state index is 12.6. The summed E-state index contributed by atoms with van der Waals surface area (Å²) in [4.78, 5) is 16.5. The van der Waals surface area contributed by atoms with Gasteiger partial charge in [0.05, 0.1) is 6.54 Å². The van der Waals surface area contributed by atoms with Crippen molar-refractivity contribution >= 4 is 11.7 Å². The zero-order chi connectivity index (χ0) is 19.2. The summed E-state index contributed by atoms with van der Waals surface area (Å²) >= 11 is 0. The number of urea groups is 1. The number of nitrogens with zero attached hydrogens (tertiary/aromatic N) is 2. The molecule has 144 valence electrons. The molecule has 1 heterocycles. The Morgan fingerprint density at radius 2 is 2.00 bits per heavy atom. The zero-order valence-corrected chi connectivity index (χ0v) is 16.4. The van der Waals surface area contributed by atoms with Crippen molar-refractivity contribution in [3.8, 4) is 5.75 Å². The lowest BCUT2D eigenvalue weighted by molar-refractivity contribution is 0.101. The van der Waals surface area contributed by atoms with Gasteiger partial charge in [0.1, 0.15) is 11.9 Å². The summed E-state index contributed by atoms with van der Waals surface area (Å²) in [5.41, 5.74) is 3.49. The minimum absolute atomic E-state index is 0.0209. The van der Waals surface area contributed by atoms with E-state index >= 15 is 0 Å². The highest BCUT2D eigenvalue weighted by molar-refractivity contribution is 5.74. The summed E-state index contributed by atoms with van der Waals surface area (Å²) in [6.07, 6.45) is 1.98. The first-order valence-electron chi connectivity index (χ1n) is 9.54. The van der Waals surface area contributed by atoms with Gasteiger partial charge in [0, 0.05) is 32.9 Å². The van der Waals surface area contributed by atoms with Gasteiger partial charge in [0.25, 0.3) is 0 Å². The number of amides is 2. The first kappa shape index (κ1) is 19.1. The number of carbonyl (C=O) groups excluding carboxylic acids is 1. The van der Waals surface area contributed by atoms with Crippen LogP contribution in [0.3, 0.4) is 0 Å². The van der Waals surface area contributed by atoms with Crippen molar-refractivity contribution in [1.82, 2.24) is 10.2 Å². The van der Waals surface area contributed by atoms with Gasteiger partial charge < -0.3 is 19.9 Å². The standard InChI is InChI=1S/C22H29N3O2/c1-17-14-19(24(2)3)12-11-18(17)15-23-22(26)25-13-7-10-21(16-25)27-20-8-5-4-6-9-20/h4-6,8-9,11-12,14,21H,7,10,13,15-16H2,1-3H3,(H,23,26). The van der Waals surface area contributed by atoms with E-state index in [-0.39, 0.29) is 12.1 Å². The van der Waals surface area contributed by atoms with Crippen LogP contribution >= 0.6 is 0 Å². The molecule has 1 atom stereocenters. The second-order valence-corrected chi connectivity index (χ2v) is 7.31. The van der Waals surface area contributed by atoms with Gasteiger partial charge in [-0.15, -0.1) is 0 Å². The van der Waals surface area contributed by atoms with E-state index in [1.807, 2.05) is 49.3 Å². The minimum atomic E-state index is -0.0209. The van der Waals surface area contributed by atoms with Crippen molar-refractivity contribution in [2.24, 2.45) is 0 Å². The van der Waals surface area contributed by atoms with Crippen LogP contribution in [0.2, 0.25) is 0 Å². The van der Waals surface area contributed by atoms with Crippen LogP contribution in [-0.4, -0.2) is 44.2 Å². The van der Waals surface area contributed by atoms with E-state index in [4.69, 9.17) is 4.74 Å². The summed E-state index contributed by atoms with van der Waals surface area (Å²) in [6.45, 7) is 4.02. The fraction of sp³-hybridized carbons (Fsp3) is 0.409. The lowest BCUT2D eigenvalue weighted by Crippen LogP contribution is -2.48. The van der Waals surface area contributed by atoms with Crippen LogP contribution < -0.4 is 15.0 Å². The summed E-state index contributed by atoms with van der Waals surface area (Å²) in [7, 11) is 4.06. The molecule has 1 unspecified atom stereocenters. The third-order valence-electron chi connectivity index (χ3n) is 4.98. The number of nitrogens with one attached hydrogen (secondary N) is 1. The number of carbonyl (C=O) groups is 1. The van der Waals surface area contributed by atoms with E-state index < -0.39 is 0 Å². The van der Waals surface area contributed by atoms with E-state index in [1.165, 1.54) is 11.3 Å². The van der Waals surface area contributed by atoms with Crippen LogP contribution in [0.25, 0.3) is 0 Å². The van der Waals surface area contributed by atoms with Crippen LogP contribution in [0, 0.1) is 6.92 Å². The molecule has 0 radical (unpaired) electrons. The monoisotopic (exact) mass is 367 g/mol. The van der Waals surface area contributed by atoms with Crippen molar-refractivity contribution in [2.75, 3.05) is 32.1 Å². The van der Waals surface area contributed by atoms with Gasteiger partial charge in [-0.2, -0.15) is 0 Å². The molecular weight excluding hydrogens is 338 g/mol. The predicted octanol–water partition coefficient (Wildman–Crippen LogP) is 3.81. The fourth-order valence-corrected chi connectivity index (χ4v) is 3.35. The molecule has 2 aromatic rings. The van der Waals surface area contributed by atoms with Gasteiger partial charge in [-0.3, -0.25) is 0 Å². The summed E-state index contributed by atoms with van der Waals surface area (Å²) in [5, 5.41) is 3.06. The Kier molecular flexibility index (Phi) is 6.22. The second kappa shape index (κ2) is 8.80. The second-order valence-electron chi connectivity index (χ2n) is 7.31. The quantitative estimate of drug-likeness (QED) is 0.874. The summed E-state index contributed by atoms with van der Waals surface area (Å²) < 4.78 is 6.03. The SMILES string of the molecule is Cc1cc(N(C)C)ccc1CNC(=O)N1CCCC(Oc2ccccc2)C1. The molecule has 1 aliphatic heterocycles. The van der Waals surface area contributed by atoms with E-state index in [2.05, 4.69) is 35.3 Å². The zero-order valence-electron chi connectivity index (χ0n) is 16.4. The van der Waals surface area contributed by atoms with E-state index in [1.54, 1.807) is 0 Å². The number of ether oxygens (including phenoxy) is 1. The number of benzene rings is 2. The Morgan fingerprint density at radius 1 is 1.22 bits per heavy atom. The summed E-state index contributed by atoms with van der Waals surface area (Å²) in [5.74, 6) is 0.862. The first-order valence-corrected chi connectivity index (χ1v) is 9.54. The van der Waals surface area contributed by atoms with Crippen LogP contribution in [0.1, 0.15) is 24.0 Å². The number of anilines is 1. The molecule has 2 aromatic carbocycles. The van der Waals surface area contributed by atoms with Gasteiger partial charge in [-0.1, -0.05) is 24.3 Å². The summed E-state index contributed by atoms with van der Waals surface area (Å²) in [6, 6.07) is 16.1. The van der Waals surface area contributed by atoms with E-state index in [9.17, 15) is 4.79 Å². The highest BCUT2D eigenvalue weighted by Gasteiger charge is 2.24. The molecule has 1 fully saturated rings. The number of aryl methyl sites for hydroxylation is 1. The molecule has 0 aliphatic carbocycles. The lowest BCUT2D eigenvalue weighted by atomic mass is 10.1. The molecular formula is C22H29N3O2. The molecule has 1 N–H and O–H groups in total. The number of para-hydroxylation sites is 1. The van der Waals surface area contributed by atoms with Crippen LogP contribution in [0.5, 0.6) is 5.75 Å². The lowest BCUT2D eigenvalue weighted by Gasteiger charge is -2.33. The Balaban J connectivity index is 1.53. The average Bonchev–Trinajstić information content (AvgIpc) is 2.67. The van der Waals surface area contributed by atoms with E-state index in [0.717, 1.165) is 30.7 Å². The minimum Gasteiger partial charge on any atom is -0.489 e. The Hall–Kier alpha value is -2.69. The van der Waals surface area contributed by atoms with Gasteiger partial charge in [-0.25, -0.2) is 4.79 Å². The Morgan fingerprint density at radius 3 is 2.70 bits per heavy atom. The molecule has 5 heteroatoms. The smallest absolute Gasteiger partial charge is 0.317 e. The third kappa shape index (κ3) is 5.16. The predicted molar refractivity (Wildman–Crippen MR) is 109 cm³/mol. The molecule has 5 nitrogen and oxygen atoms in total. The van der Waals surface area contributed by atoms with Crippen molar-refractivity contribution in [3.63, 3.8) is 0 Å². The maximum Gasteiger partial charge on any atom is 0.317 e. The third-order valence-corrected chi connectivity index (χ3v) is 4.98. The van der Waals surface area contributed by atoms with Crippen LogP contribution in [0.4, 0.5) is 10.5 Å². The van der Waals surface area contributed by atoms with Crippen molar-refractivity contribution < 1.29 is 9.53 Å². The molecule has 0 bridgehead atoms.